The van der Waals surface area contributed by atoms with E-state index in [2.05, 4.69) is 10.3 Å². The van der Waals surface area contributed by atoms with E-state index < -0.39 is 5.97 Å². The van der Waals surface area contributed by atoms with Gasteiger partial charge in [0.1, 0.15) is 5.69 Å². The number of carbonyl (C=O) groups is 1. The van der Waals surface area contributed by atoms with Crippen molar-refractivity contribution in [1.29, 1.82) is 0 Å². The van der Waals surface area contributed by atoms with Crippen molar-refractivity contribution in [2.45, 2.75) is 13.2 Å². The fourth-order valence-corrected chi connectivity index (χ4v) is 1.48. The molecule has 0 spiro atoms. The van der Waals surface area contributed by atoms with Crippen LogP contribution in [0.3, 0.4) is 0 Å². The number of hydrogen-bond acceptors (Lipinski definition) is 4. The predicted octanol–water partition coefficient (Wildman–Crippen LogP) is 0.517. The van der Waals surface area contributed by atoms with Crippen molar-refractivity contribution in [3.63, 3.8) is 0 Å². The molecule has 2 aromatic rings. The molecule has 88 valence electrons. The first-order chi connectivity index (χ1) is 8.19. The smallest absolute Gasteiger partial charge is 0.335 e. The Balaban J connectivity index is 2.18. The SMILES string of the molecule is O=C(O)c1cccc(Cn2cc(CO)nn2)c1. The third-order valence-corrected chi connectivity index (χ3v) is 2.27. The molecule has 0 saturated carbocycles. The maximum absolute atomic E-state index is 10.8. The van der Waals surface area contributed by atoms with Crippen molar-refractivity contribution < 1.29 is 15.0 Å². The lowest BCUT2D eigenvalue weighted by atomic mass is 10.1. The van der Waals surface area contributed by atoms with Crippen molar-refractivity contribution in [2.24, 2.45) is 0 Å². The molecule has 1 aromatic carbocycles. The number of benzene rings is 1. The summed E-state index contributed by atoms with van der Waals surface area (Å²) < 4.78 is 1.55. The van der Waals surface area contributed by atoms with Crippen LogP contribution >= 0.6 is 0 Å². The minimum Gasteiger partial charge on any atom is -0.478 e. The monoisotopic (exact) mass is 233 g/mol. The standard InChI is InChI=1S/C11H11N3O3/c15-7-10-6-14(13-12-10)5-8-2-1-3-9(4-8)11(16)17/h1-4,6,15H,5,7H2,(H,16,17). The summed E-state index contributed by atoms with van der Waals surface area (Å²) in [6.07, 6.45) is 1.62. The topological polar surface area (TPSA) is 88.2 Å². The highest BCUT2D eigenvalue weighted by Crippen LogP contribution is 2.07. The van der Waals surface area contributed by atoms with Crippen molar-refractivity contribution >= 4 is 5.97 Å². The number of aliphatic hydroxyl groups is 1. The van der Waals surface area contributed by atoms with Gasteiger partial charge in [0.2, 0.25) is 0 Å². The summed E-state index contributed by atoms with van der Waals surface area (Å²) in [5.74, 6) is -0.957. The van der Waals surface area contributed by atoms with Gasteiger partial charge in [-0.3, -0.25) is 0 Å². The Labute approximate surface area is 97.1 Å². The molecule has 0 fully saturated rings. The van der Waals surface area contributed by atoms with E-state index in [1.807, 2.05) is 6.07 Å². The summed E-state index contributed by atoms with van der Waals surface area (Å²) in [6, 6.07) is 6.62. The van der Waals surface area contributed by atoms with Gasteiger partial charge in [-0.2, -0.15) is 0 Å². The quantitative estimate of drug-likeness (QED) is 0.803. The van der Waals surface area contributed by atoms with Gasteiger partial charge in [-0.25, -0.2) is 9.48 Å². The van der Waals surface area contributed by atoms with Gasteiger partial charge in [0.25, 0.3) is 0 Å². The van der Waals surface area contributed by atoms with Gasteiger partial charge in [-0.1, -0.05) is 17.3 Å². The van der Waals surface area contributed by atoms with E-state index in [0.717, 1.165) is 5.56 Å². The first-order valence-electron chi connectivity index (χ1n) is 5.01. The van der Waals surface area contributed by atoms with Gasteiger partial charge < -0.3 is 10.2 Å². The molecule has 0 amide bonds. The molecule has 0 aliphatic heterocycles. The Hall–Kier alpha value is -2.21. The normalized spacial score (nSPS) is 10.4. The van der Waals surface area contributed by atoms with E-state index in [1.54, 1.807) is 23.0 Å². The van der Waals surface area contributed by atoms with Gasteiger partial charge in [0.05, 0.1) is 24.9 Å². The van der Waals surface area contributed by atoms with Crippen LogP contribution in [0.5, 0.6) is 0 Å². The minimum atomic E-state index is -0.957. The molecule has 0 unspecified atom stereocenters. The van der Waals surface area contributed by atoms with Crippen LogP contribution in [0.4, 0.5) is 0 Å². The zero-order valence-corrected chi connectivity index (χ0v) is 8.95. The molecule has 17 heavy (non-hydrogen) atoms. The maximum Gasteiger partial charge on any atom is 0.335 e. The lowest BCUT2D eigenvalue weighted by Gasteiger charge is -2.02. The predicted molar refractivity (Wildman–Crippen MR) is 58.4 cm³/mol. The molecular weight excluding hydrogens is 222 g/mol. The molecule has 2 N–H and O–H groups in total. The molecule has 0 aliphatic rings. The third-order valence-electron chi connectivity index (χ3n) is 2.27. The molecule has 1 heterocycles. The Morgan fingerprint density at radius 1 is 1.41 bits per heavy atom. The van der Waals surface area contributed by atoms with Crippen LogP contribution in [-0.4, -0.2) is 31.2 Å². The molecule has 0 atom stereocenters. The second-order valence-corrected chi connectivity index (χ2v) is 3.57. The van der Waals surface area contributed by atoms with Crippen molar-refractivity contribution in [2.75, 3.05) is 0 Å². The van der Waals surface area contributed by atoms with E-state index in [-0.39, 0.29) is 12.2 Å². The number of rotatable bonds is 4. The summed E-state index contributed by atoms with van der Waals surface area (Å²) in [5.41, 5.74) is 1.55. The number of aromatic nitrogens is 3. The average Bonchev–Trinajstić information content (AvgIpc) is 2.77. The first kappa shape index (κ1) is 11.3. The summed E-state index contributed by atoms with van der Waals surface area (Å²) in [6.45, 7) is 0.267. The molecule has 6 nitrogen and oxygen atoms in total. The minimum absolute atomic E-state index is 0.158. The molecular formula is C11H11N3O3. The zero-order valence-electron chi connectivity index (χ0n) is 8.95. The molecule has 1 aromatic heterocycles. The Morgan fingerprint density at radius 3 is 2.88 bits per heavy atom. The molecule has 0 radical (unpaired) electrons. The Morgan fingerprint density at radius 2 is 2.24 bits per heavy atom. The van der Waals surface area contributed by atoms with Crippen molar-refractivity contribution in [1.82, 2.24) is 15.0 Å². The van der Waals surface area contributed by atoms with Gasteiger partial charge in [0.15, 0.2) is 0 Å². The van der Waals surface area contributed by atoms with Crippen molar-refractivity contribution in [3.8, 4) is 0 Å². The Kier molecular flexibility index (Phi) is 3.15. The fraction of sp³-hybridized carbons (Fsp3) is 0.182. The molecule has 0 aliphatic carbocycles. The van der Waals surface area contributed by atoms with Crippen LogP contribution in [0, 0.1) is 0 Å². The number of aliphatic hydroxyl groups excluding tert-OH is 1. The lowest BCUT2D eigenvalue weighted by Crippen LogP contribution is -2.03. The number of hydrogen-bond donors (Lipinski definition) is 2. The van der Waals surface area contributed by atoms with E-state index >= 15 is 0 Å². The maximum atomic E-state index is 10.8. The van der Waals surface area contributed by atoms with Gasteiger partial charge in [-0.05, 0) is 17.7 Å². The van der Waals surface area contributed by atoms with E-state index in [4.69, 9.17) is 10.2 Å². The number of carboxylic acid groups (broad SMARTS) is 1. The van der Waals surface area contributed by atoms with Crippen molar-refractivity contribution in [3.05, 3.63) is 47.3 Å². The second kappa shape index (κ2) is 4.75. The Bertz CT molecular complexity index is 536. The first-order valence-corrected chi connectivity index (χ1v) is 5.01. The zero-order chi connectivity index (χ0) is 12.3. The van der Waals surface area contributed by atoms with Crippen LogP contribution in [0.25, 0.3) is 0 Å². The van der Waals surface area contributed by atoms with Gasteiger partial charge >= 0.3 is 5.97 Å². The fourth-order valence-electron chi connectivity index (χ4n) is 1.48. The third kappa shape index (κ3) is 2.67. The molecule has 0 bridgehead atoms. The largest absolute Gasteiger partial charge is 0.478 e. The number of carboxylic acids is 1. The average molecular weight is 233 g/mol. The number of aromatic carboxylic acids is 1. The summed E-state index contributed by atoms with van der Waals surface area (Å²) in [4.78, 5) is 10.8. The highest BCUT2D eigenvalue weighted by molar-refractivity contribution is 5.87. The van der Waals surface area contributed by atoms with E-state index in [9.17, 15) is 4.79 Å². The number of nitrogens with zero attached hydrogens (tertiary/aromatic N) is 3. The second-order valence-electron chi connectivity index (χ2n) is 3.57. The highest BCUT2D eigenvalue weighted by atomic mass is 16.4. The summed E-state index contributed by atoms with van der Waals surface area (Å²) in [7, 11) is 0. The van der Waals surface area contributed by atoms with Crippen LogP contribution in [-0.2, 0) is 13.2 Å². The molecule has 0 saturated heterocycles. The lowest BCUT2D eigenvalue weighted by molar-refractivity contribution is 0.0696. The van der Waals surface area contributed by atoms with Crippen LogP contribution in [0.1, 0.15) is 21.6 Å². The van der Waals surface area contributed by atoms with E-state index in [1.165, 1.54) is 6.07 Å². The van der Waals surface area contributed by atoms with Crippen LogP contribution in [0.2, 0.25) is 0 Å². The summed E-state index contributed by atoms with van der Waals surface area (Å²) >= 11 is 0. The van der Waals surface area contributed by atoms with E-state index in [0.29, 0.717) is 12.2 Å². The van der Waals surface area contributed by atoms with Gasteiger partial charge in [-0.15, -0.1) is 5.10 Å². The highest BCUT2D eigenvalue weighted by Gasteiger charge is 2.04. The van der Waals surface area contributed by atoms with Gasteiger partial charge in [0, 0.05) is 0 Å². The summed E-state index contributed by atoms with van der Waals surface area (Å²) in [5, 5.41) is 25.2. The molecule has 2 rings (SSSR count). The van der Waals surface area contributed by atoms with Crippen LogP contribution < -0.4 is 0 Å². The van der Waals surface area contributed by atoms with Crippen LogP contribution in [0.15, 0.2) is 30.5 Å². The molecule has 6 heteroatoms.